The van der Waals surface area contributed by atoms with Gasteiger partial charge in [0.25, 0.3) is 0 Å². The van der Waals surface area contributed by atoms with Crippen molar-refractivity contribution in [2.75, 3.05) is 5.32 Å². The second-order valence-corrected chi connectivity index (χ2v) is 5.05. The Bertz CT molecular complexity index is 703. The van der Waals surface area contributed by atoms with Crippen molar-refractivity contribution >= 4 is 29.3 Å². The molecule has 1 unspecified atom stereocenters. The van der Waals surface area contributed by atoms with E-state index >= 15 is 0 Å². The number of esters is 1. The first kappa shape index (κ1) is 15.9. The van der Waals surface area contributed by atoms with E-state index in [9.17, 15) is 9.59 Å². The quantitative estimate of drug-likeness (QED) is 0.842. The van der Waals surface area contributed by atoms with Gasteiger partial charge in [0.15, 0.2) is 0 Å². The molecule has 2 amide bonds. The first-order chi connectivity index (χ1) is 10.5. The number of hydrogen-bond acceptors (Lipinski definition) is 3. The fourth-order valence-electron chi connectivity index (χ4n) is 1.96. The molecule has 0 fully saturated rings. The third-order valence-electron chi connectivity index (χ3n) is 2.99. The van der Waals surface area contributed by atoms with Gasteiger partial charge in [0.05, 0.1) is 5.56 Å². The first-order valence-electron chi connectivity index (χ1n) is 6.59. The molecule has 0 aliphatic rings. The maximum absolute atomic E-state index is 12.2. The van der Waals surface area contributed by atoms with Crippen molar-refractivity contribution in [3.63, 3.8) is 0 Å². The number of anilines is 1. The predicted octanol–water partition coefficient (Wildman–Crippen LogP) is 3.75. The molecular formula is C16H15ClN2O3. The number of urea groups is 1. The lowest BCUT2D eigenvalue weighted by Crippen LogP contribution is -2.19. The van der Waals surface area contributed by atoms with E-state index in [1.807, 2.05) is 6.07 Å². The van der Waals surface area contributed by atoms with Crippen LogP contribution in [0.1, 0.15) is 28.9 Å². The molecule has 0 bridgehead atoms. The third kappa shape index (κ3) is 3.99. The van der Waals surface area contributed by atoms with Gasteiger partial charge in [-0.3, -0.25) is 0 Å². The van der Waals surface area contributed by atoms with E-state index < -0.39 is 18.1 Å². The molecule has 2 aromatic rings. The molecule has 6 heteroatoms. The Morgan fingerprint density at radius 3 is 2.59 bits per heavy atom. The number of ether oxygens (including phenoxy) is 1. The smallest absolute Gasteiger partial charge is 0.338 e. The molecule has 0 radical (unpaired) electrons. The summed E-state index contributed by atoms with van der Waals surface area (Å²) >= 11 is 6.08. The zero-order valence-electron chi connectivity index (χ0n) is 11.9. The maximum atomic E-state index is 12.2. The highest BCUT2D eigenvalue weighted by Crippen LogP contribution is 2.26. The summed E-state index contributed by atoms with van der Waals surface area (Å²) in [7, 11) is 0. The van der Waals surface area contributed by atoms with E-state index in [1.165, 1.54) is 6.07 Å². The van der Waals surface area contributed by atoms with Gasteiger partial charge in [-0.05, 0) is 31.2 Å². The summed E-state index contributed by atoms with van der Waals surface area (Å²) in [5, 5.41) is 2.94. The SMILES string of the molecule is CC(OC(=O)c1cccc(NC(N)=O)c1)c1ccccc1Cl. The summed E-state index contributed by atoms with van der Waals surface area (Å²) in [5.74, 6) is -0.513. The van der Waals surface area contributed by atoms with Crippen molar-refractivity contribution < 1.29 is 14.3 Å². The number of carbonyl (C=O) groups is 2. The lowest BCUT2D eigenvalue weighted by Gasteiger charge is -2.15. The predicted molar refractivity (Wildman–Crippen MR) is 84.9 cm³/mol. The van der Waals surface area contributed by atoms with Gasteiger partial charge in [-0.15, -0.1) is 0 Å². The number of hydrogen-bond donors (Lipinski definition) is 2. The highest BCUT2D eigenvalue weighted by molar-refractivity contribution is 6.31. The van der Waals surface area contributed by atoms with Gasteiger partial charge in [0.2, 0.25) is 0 Å². The third-order valence-corrected chi connectivity index (χ3v) is 3.34. The van der Waals surface area contributed by atoms with Crippen molar-refractivity contribution in [3.8, 4) is 0 Å². The number of halogens is 1. The van der Waals surface area contributed by atoms with Crippen molar-refractivity contribution in [1.82, 2.24) is 0 Å². The van der Waals surface area contributed by atoms with Crippen LogP contribution in [0.3, 0.4) is 0 Å². The van der Waals surface area contributed by atoms with Crippen molar-refractivity contribution in [3.05, 3.63) is 64.7 Å². The summed E-state index contributed by atoms with van der Waals surface area (Å²) in [6, 6.07) is 12.8. The van der Waals surface area contributed by atoms with E-state index in [4.69, 9.17) is 22.1 Å². The number of rotatable bonds is 4. The molecule has 2 rings (SSSR count). The van der Waals surface area contributed by atoms with E-state index in [0.717, 1.165) is 5.56 Å². The second kappa shape index (κ2) is 6.95. The molecule has 0 saturated heterocycles. The molecule has 2 aromatic carbocycles. The number of nitrogens with two attached hydrogens (primary N) is 1. The molecule has 114 valence electrons. The largest absolute Gasteiger partial charge is 0.454 e. The standard InChI is InChI=1S/C16H15ClN2O3/c1-10(13-7-2-3-8-14(13)17)22-15(20)11-5-4-6-12(9-11)19-16(18)21/h2-10H,1H3,(H3,18,19,21). The Balaban J connectivity index is 2.12. The van der Waals surface area contributed by atoms with E-state index in [0.29, 0.717) is 16.3 Å². The van der Waals surface area contributed by atoms with Gasteiger partial charge in [0.1, 0.15) is 6.10 Å². The van der Waals surface area contributed by atoms with E-state index in [2.05, 4.69) is 5.32 Å². The number of nitrogens with one attached hydrogen (secondary N) is 1. The van der Waals surface area contributed by atoms with Crippen LogP contribution in [0.4, 0.5) is 10.5 Å². The van der Waals surface area contributed by atoms with Gasteiger partial charge in [-0.25, -0.2) is 9.59 Å². The van der Waals surface area contributed by atoms with Crippen LogP contribution >= 0.6 is 11.6 Å². The summed E-state index contributed by atoms with van der Waals surface area (Å²) in [4.78, 5) is 23.0. The number of primary amides is 1. The lowest BCUT2D eigenvalue weighted by atomic mass is 10.1. The summed E-state index contributed by atoms with van der Waals surface area (Å²) < 4.78 is 5.40. The summed E-state index contributed by atoms with van der Waals surface area (Å²) in [6.07, 6.45) is -0.492. The van der Waals surface area contributed by atoms with Gasteiger partial charge in [0, 0.05) is 16.3 Å². The van der Waals surface area contributed by atoms with Crippen molar-refractivity contribution in [2.24, 2.45) is 5.73 Å². The first-order valence-corrected chi connectivity index (χ1v) is 6.97. The molecule has 0 aliphatic carbocycles. The molecule has 0 saturated carbocycles. The Morgan fingerprint density at radius 2 is 1.91 bits per heavy atom. The summed E-state index contributed by atoms with van der Waals surface area (Å²) in [5.41, 5.74) is 6.50. The van der Waals surface area contributed by atoms with E-state index in [-0.39, 0.29) is 0 Å². The molecule has 0 spiro atoms. The molecule has 1 atom stereocenters. The second-order valence-electron chi connectivity index (χ2n) is 4.64. The Kier molecular flexibility index (Phi) is 5.01. The van der Waals surface area contributed by atoms with Crippen LogP contribution < -0.4 is 11.1 Å². The molecular weight excluding hydrogens is 304 g/mol. The van der Waals surface area contributed by atoms with Gasteiger partial charge in [-0.1, -0.05) is 35.9 Å². The molecule has 0 heterocycles. The van der Waals surface area contributed by atoms with Crippen molar-refractivity contribution in [2.45, 2.75) is 13.0 Å². The Labute approximate surface area is 133 Å². The number of benzene rings is 2. The normalized spacial score (nSPS) is 11.5. The highest BCUT2D eigenvalue weighted by atomic mass is 35.5. The minimum absolute atomic E-state index is 0.310. The van der Waals surface area contributed by atoms with Crippen LogP contribution in [0.5, 0.6) is 0 Å². The summed E-state index contributed by atoms with van der Waals surface area (Å²) in [6.45, 7) is 1.74. The van der Waals surface area contributed by atoms with Gasteiger partial charge < -0.3 is 15.8 Å². The monoisotopic (exact) mass is 318 g/mol. The lowest BCUT2D eigenvalue weighted by molar-refractivity contribution is 0.0338. The molecule has 5 nitrogen and oxygen atoms in total. The zero-order valence-corrected chi connectivity index (χ0v) is 12.6. The Morgan fingerprint density at radius 1 is 1.18 bits per heavy atom. The average molecular weight is 319 g/mol. The van der Waals surface area contributed by atoms with Crippen LogP contribution in [0.25, 0.3) is 0 Å². The molecule has 0 aliphatic heterocycles. The van der Waals surface area contributed by atoms with Crippen LogP contribution in [-0.2, 0) is 4.74 Å². The minimum Gasteiger partial charge on any atom is -0.454 e. The molecule has 22 heavy (non-hydrogen) atoms. The van der Waals surface area contributed by atoms with Crippen molar-refractivity contribution in [1.29, 1.82) is 0 Å². The zero-order chi connectivity index (χ0) is 16.1. The van der Waals surface area contributed by atoms with E-state index in [1.54, 1.807) is 43.3 Å². The van der Waals surface area contributed by atoms with Gasteiger partial charge >= 0.3 is 12.0 Å². The minimum atomic E-state index is -0.699. The number of amides is 2. The van der Waals surface area contributed by atoms with Gasteiger partial charge in [-0.2, -0.15) is 0 Å². The number of carbonyl (C=O) groups excluding carboxylic acids is 2. The van der Waals surface area contributed by atoms with Crippen LogP contribution in [-0.4, -0.2) is 12.0 Å². The fourth-order valence-corrected chi connectivity index (χ4v) is 2.25. The maximum Gasteiger partial charge on any atom is 0.338 e. The van der Waals surface area contributed by atoms with Crippen LogP contribution in [0, 0.1) is 0 Å². The van der Waals surface area contributed by atoms with Crippen LogP contribution in [0.2, 0.25) is 5.02 Å². The Hall–Kier alpha value is -2.53. The topological polar surface area (TPSA) is 81.4 Å². The average Bonchev–Trinajstić information content (AvgIpc) is 2.47. The fraction of sp³-hybridized carbons (Fsp3) is 0.125. The van der Waals surface area contributed by atoms with Crippen LogP contribution in [0.15, 0.2) is 48.5 Å². The molecule has 0 aromatic heterocycles. The highest BCUT2D eigenvalue weighted by Gasteiger charge is 2.16. The molecule has 3 N–H and O–H groups in total.